The molecule has 0 saturated heterocycles. The molecule has 0 heterocycles. The van der Waals surface area contributed by atoms with Crippen molar-refractivity contribution in [2.75, 3.05) is 0 Å². The average Bonchev–Trinajstić information content (AvgIpc) is 2.39. The molecule has 2 rings (SSSR count). The number of aldehydes is 1. The Kier molecular flexibility index (Phi) is 4.56. The van der Waals surface area contributed by atoms with Crippen molar-refractivity contribution < 1.29 is 13.9 Å². The molecule has 5 heteroatoms. The van der Waals surface area contributed by atoms with E-state index in [2.05, 4.69) is 15.9 Å². The zero-order valence-corrected chi connectivity index (χ0v) is 12.0. The highest BCUT2D eigenvalue weighted by atomic mass is 79.9. The van der Waals surface area contributed by atoms with Gasteiger partial charge in [0.15, 0.2) is 6.29 Å². The minimum Gasteiger partial charge on any atom is -0.488 e. The summed E-state index contributed by atoms with van der Waals surface area (Å²) >= 11 is 9.17. The third-order valence-corrected chi connectivity index (χ3v) is 3.34. The fraction of sp³-hybridized carbons (Fsp3) is 0.0714. The topological polar surface area (TPSA) is 26.3 Å². The van der Waals surface area contributed by atoms with Gasteiger partial charge in [-0.1, -0.05) is 33.6 Å². The van der Waals surface area contributed by atoms with Gasteiger partial charge in [0, 0.05) is 10.0 Å². The summed E-state index contributed by atoms with van der Waals surface area (Å²) in [6.45, 7) is 0.168. The summed E-state index contributed by atoms with van der Waals surface area (Å²) < 4.78 is 19.2. The number of benzene rings is 2. The molecular weight excluding hydrogens is 335 g/mol. The standard InChI is InChI=1S/C14H9BrClFO2/c15-11-2-4-14(10(5-11)7-18)19-8-9-1-3-12(17)6-13(9)16/h1-7H,8H2. The first kappa shape index (κ1) is 14.0. The van der Waals surface area contributed by atoms with Gasteiger partial charge >= 0.3 is 0 Å². The molecule has 0 unspecified atom stereocenters. The lowest BCUT2D eigenvalue weighted by Gasteiger charge is -2.10. The van der Waals surface area contributed by atoms with Gasteiger partial charge in [-0.3, -0.25) is 4.79 Å². The maximum Gasteiger partial charge on any atom is 0.153 e. The minimum absolute atomic E-state index is 0.168. The van der Waals surface area contributed by atoms with E-state index >= 15 is 0 Å². The molecule has 19 heavy (non-hydrogen) atoms. The van der Waals surface area contributed by atoms with Crippen LogP contribution < -0.4 is 4.74 Å². The number of halogens is 3. The molecule has 0 N–H and O–H groups in total. The summed E-state index contributed by atoms with van der Waals surface area (Å²) in [6, 6.07) is 9.21. The Balaban J connectivity index is 2.16. The van der Waals surface area contributed by atoms with Gasteiger partial charge in [-0.05, 0) is 30.3 Å². The molecule has 0 fully saturated rings. The number of hydrogen-bond acceptors (Lipinski definition) is 2. The number of carbonyl (C=O) groups is 1. The van der Waals surface area contributed by atoms with Crippen molar-refractivity contribution in [3.05, 3.63) is 62.8 Å². The van der Waals surface area contributed by atoms with E-state index in [0.717, 1.165) is 4.47 Å². The molecule has 0 aliphatic heterocycles. The summed E-state index contributed by atoms with van der Waals surface area (Å²) in [5.41, 5.74) is 1.09. The number of carbonyl (C=O) groups excluding carboxylic acids is 1. The molecule has 98 valence electrons. The second-order valence-corrected chi connectivity index (χ2v) is 5.15. The fourth-order valence-corrected chi connectivity index (χ4v) is 2.14. The molecule has 2 aromatic rings. The van der Waals surface area contributed by atoms with Gasteiger partial charge in [0.05, 0.1) is 10.6 Å². The van der Waals surface area contributed by atoms with Gasteiger partial charge in [0.25, 0.3) is 0 Å². The first-order chi connectivity index (χ1) is 9.10. The second kappa shape index (κ2) is 6.17. The Morgan fingerprint density at radius 2 is 2.05 bits per heavy atom. The van der Waals surface area contributed by atoms with Crippen LogP contribution in [0.15, 0.2) is 40.9 Å². The van der Waals surface area contributed by atoms with Crippen molar-refractivity contribution in [1.82, 2.24) is 0 Å². The van der Waals surface area contributed by atoms with Crippen LogP contribution >= 0.6 is 27.5 Å². The van der Waals surface area contributed by atoms with Crippen molar-refractivity contribution in [3.63, 3.8) is 0 Å². The summed E-state index contributed by atoms with van der Waals surface area (Å²) in [5, 5.41) is 0.296. The van der Waals surface area contributed by atoms with E-state index in [9.17, 15) is 9.18 Å². The number of rotatable bonds is 4. The molecule has 2 aromatic carbocycles. The average molecular weight is 344 g/mol. The third kappa shape index (κ3) is 3.55. The van der Waals surface area contributed by atoms with Gasteiger partial charge in [-0.2, -0.15) is 0 Å². The monoisotopic (exact) mass is 342 g/mol. The van der Waals surface area contributed by atoms with E-state index in [4.69, 9.17) is 16.3 Å². The molecular formula is C14H9BrClFO2. The van der Waals surface area contributed by atoms with Crippen molar-refractivity contribution >= 4 is 33.8 Å². The lowest BCUT2D eigenvalue weighted by atomic mass is 10.2. The van der Waals surface area contributed by atoms with E-state index in [1.165, 1.54) is 12.1 Å². The highest BCUT2D eigenvalue weighted by Crippen LogP contribution is 2.24. The molecule has 0 spiro atoms. The molecule has 0 aliphatic rings. The minimum atomic E-state index is -0.397. The largest absolute Gasteiger partial charge is 0.488 e. The molecule has 0 amide bonds. The van der Waals surface area contributed by atoms with Crippen molar-refractivity contribution in [3.8, 4) is 5.75 Å². The van der Waals surface area contributed by atoms with Crippen LogP contribution in [0.25, 0.3) is 0 Å². The quantitative estimate of drug-likeness (QED) is 0.756. The molecule has 2 nitrogen and oxygen atoms in total. The summed E-state index contributed by atoms with van der Waals surface area (Å²) in [6.07, 6.45) is 0.715. The van der Waals surface area contributed by atoms with Crippen molar-refractivity contribution in [2.24, 2.45) is 0 Å². The van der Waals surface area contributed by atoms with Crippen LogP contribution in [-0.4, -0.2) is 6.29 Å². The van der Waals surface area contributed by atoms with Crippen LogP contribution in [0.2, 0.25) is 5.02 Å². The molecule has 0 aliphatic carbocycles. The van der Waals surface area contributed by atoms with Crippen molar-refractivity contribution in [2.45, 2.75) is 6.61 Å². The Bertz CT molecular complexity index is 616. The van der Waals surface area contributed by atoms with E-state index in [1.54, 1.807) is 24.3 Å². The van der Waals surface area contributed by atoms with Crippen LogP contribution in [0.5, 0.6) is 5.75 Å². The van der Waals surface area contributed by atoms with E-state index in [1.807, 2.05) is 0 Å². The summed E-state index contributed by atoms with van der Waals surface area (Å²) in [4.78, 5) is 10.9. The van der Waals surface area contributed by atoms with Crippen LogP contribution in [0, 0.1) is 5.82 Å². The van der Waals surface area contributed by atoms with Crippen LogP contribution in [-0.2, 0) is 6.61 Å². The molecule has 0 saturated carbocycles. The second-order valence-electron chi connectivity index (χ2n) is 3.82. The van der Waals surface area contributed by atoms with E-state index in [-0.39, 0.29) is 6.61 Å². The predicted molar refractivity (Wildman–Crippen MR) is 75.3 cm³/mol. The normalized spacial score (nSPS) is 10.3. The SMILES string of the molecule is O=Cc1cc(Br)ccc1OCc1ccc(F)cc1Cl. The lowest BCUT2D eigenvalue weighted by molar-refractivity contribution is 0.111. The Hall–Kier alpha value is -1.39. The maximum absolute atomic E-state index is 12.9. The first-order valence-electron chi connectivity index (χ1n) is 5.41. The van der Waals surface area contributed by atoms with Gasteiger partial charge in [0.2, 0.25) is 0 Å². The van der Waals surface area contributed by atoms with E-state index < -0.39 is 5.82 Å². The van der Waals surface area contributed by atoms with Gasteiger partial charge in [0.1, 0.15) is 18.2 Å². The maximum atomic E-state index is 12.9. The summed E-state index contributed by atoms with van der Waals surface area (Å²) in [5.74, 6) is 0.0598. The lowest BCUT2D eigenvalue weighted by Crippen LogP contribution is -1.99. The number of hydrogen-bond donors (Lipinski definition) is 0. The highest BCUT2D eigenvalue weighted by Gasteiger charge is 2.06. The van der Waals surface area contributed by atoms with E-state index in [0.29, 0.717) is 28.2 Å². The zero-order valence-electron chi connectivity index (χ0n) is 9.70. The third-order valence-electron chi connectivity index (χ3n) is 2.50. The van der Waals surface area contributed by atoms with Gasteiger partial charge < -0.3 is 4.74 Å². The van der Waals surface area contributed by atoms with Crippen LogP contribution in [0.3, 0.4) is 0 Å². The molecule has 0 radical (unpaired) electrons. The molecule has 0 atom stereocenters. The van der Waals surface area contributed by atoms with Gasteiger partial charge in [-0.15, -0.1) is 0 Å². The molecule has 0 bridgehead atoms. The van der Waals surface area contributed by atoms with Crippen molar-refractivity contribution in [1.29, 1.82) is 0 Å². The van der Waals surface area contributed by atoms with Crippen LogP contribution in [0.4, 0.5) is 4.39 Å². The predicted octanol–water partition coefficient (Wildman–Crippen LogP) is 4.63. The van der Waals surface area contributed by atoms with Gasteiger partial charge in [-0.25, -0.2) is 4.39 Å². The molecule has 0 aromatic heterocycles. The van der Waals surface area contributed by atoms with Crippen LogP contribution in [0.1, 0.15) is 15.9 Å². The zero-order chi connectivity index (χ0) is 13.8. The number of ether oxygens (including phenoxy) is 1. The Morgan fingerprint density at radius 1 is 1.26 bits per heavy atom. The summed E-state index contributed by atoms with van der Waals surface area (Å²) in [7, 11) is 0. The Morgan fingerprint density at radius 3 is 2.74 bits per heavy atom. The highest BCUT2D eigenvalue weighted by molar-refractivity contribution is 9.10. The first-order valence-corrected chi connectivity index (χ1v) is 6.58. The fourth-order valence-electron chi connectivity index (χ4n) is 1.54. The Labute approximate surface area is 123 Å². The smallest absolute Gasteiger partial charge is 0.153 e.